The van der Waals surface area contributed by atoms with E-state index in [0.29, 0.717) is 0 Å². The lowest BCUT2D eigenvalue weighted by atomic mass is 10.2. The highest BCUT2D eigenvalue weighted by molar-refractivity contribution is 5.93. The van der Waals surface area contributed by atoms with Crippen LogP contribution in [0, 0.1) is 0 Å². The molecular formula is C8H10N4O3. The van der Waals surface area contributed by atoms with E-state index in [0.717, 1.165) is 6.33 Å². The van der Waals surface area contributed by atoms with Gasteiger partial charge in [-0.2, -0.15) is 5.10 Å². The van der Waals surface area contributed by atoms with Crippen LogP contribution in [-0.2, 0) is 4.79 Å². The van der Waals surface area contributed by atoms with E-state index >= 15 is 0 Å². The lowest BCUT2D eigenvalue weighted by molar-refractivity contribution is -0.139. The smallest absolute Gasteiger partial charge is 0.326 e. The van der Waals surface area contributed by atoms with Gasteiger partial charge in [0.1, 0.15) is 12.4 Å². The van der Waals surface area contributed by atoms with E-state index < -0.39 is 17.9 Å². The normalized spacial score (nSPS) is 11.7. The third kappa shape index (κ3) is 2.90. The minimum Gasteiger partial charge on any atom is -0.480 e. The number of hydrogen-bond acceptors (Lipinski definition) is 4. The van der Waals surface area contributed by atoms with Crippen LogP contribution in [0.15, 0.2) is 19.0 Å². The largest absolute Gasteiger partial charge is 0.480 e. The van der Waals surface area contributed by atoms with Crippen molar-refractivity contribution in [2.24, 2.45) is 0 Å². The van der Waals surface area contributed by atoms with Crippen molar-refractivity contribution >= 4 is 11.9 Å². The van der Waals surface area contributed by atoms with Gasteiger partial charge in [-0.25, -0.2) is 9.78 Å². The number of nitrogens with one attached hydrogen (secondary N) is 2. The summed E-state index contributed by atoms with van der Waals surface area (Å²) in [6.07, 6.45) is 2.73. The van der Waals surface area contributed by atoms with E-state index in [-0.39, 0.29) is 12.2 Å². The molecule has 1 amide bonds. The Morgan fingerprint density at radius 3 is 2.93 bits per heavy atom. The van der Waals surface area contributed by atoms with Crippen LogP contribution in [-0.4, -0.2) is 38.2 Å². The van der Waals surface area contributed by atoms with E-state index in [4.69, 9.17) is 5.11 Å². The zero-order chi connectivity index (χ0) is 11.3. The Morgan fingerprint density at radius 1 is 1.73 bits per heavy atom. The van der Waals surface area contributed by atoms with Gasteiger partial charge in [0, 0.05) is 0 Å². The first-order valence-electron chi connectivity index (χ1n) is 4.15. The number of aromatic nitrogens is 3. The monoisotopic (exact) mass is 210 g/mol. The molecule has 1 unspecified atom stereocenters. The Bertz CT molecular complexity index is 360. The highest BCUT2D eigenvalue weighted by Gasteiger charge is 2.20. The number of carbonyl (C=O) groups excluding carboxylic acids is 1. The van der Waals surface area contributed by atoms with Crippen LogP contribution in [0.5, 0.6) is 0 Å². The molecule has 1 aromatic rings. The predicted molar refractivity (Wildman–Crippen MR) is 50.1 cm³/mol. The van der Waals surface area contributed by atoms with Crippen LogP contribution in [0.25, 0.3) is 0 Å². The van der Waals surface area contributed by atoms with Crippen molar-refractivity contribution in [2.75, 3.05) is 0 Å². The maximum atomic E-state index is 11.4. The molecule has 1 heterocycles. The molecule has 0 spiro atoms. The molecule has 3 N–H and O–H groups in total. The molecule has 0 bridgehead atoms. The molecular weight excluding hydrogens is 200 g/mol. The molecule has 0 aliphatic rings. The summed E-state index contributed by atoms with van der Waals surface area (Å²) in [5.41, 5.74) is 0. The van der Waals surface area contributed by atoms with Crippen LogP contribution < -0.4 is 5.32 Å². The first-order valence-corrected chi connectivity index (χ1v) is 4.15. The third-order valence-electron chi connectivity index (χ3n) is 1.64. The first kappa shape index (κ1) is 10.9. The number of H-pyrrole nitrogens is 1. The quantitative estimate of drug-likeness (QED) is 0.571. The number of carbonyl (C=O) groups is 2. The number of carboxylic acid groups (broad SMARTS) is 1. The fourth-order valence-electron chi connectivity index (χ4n) is 0.930. The molecule has 7 nitrogen and oxygen atoms in total. The van der Waals surface area contributed by atoms with Gasteiger partial charge < -0.3 is 10.4 Å². The Balaban J connectivity index is 2.62. The summed E-state index contributed by atoms with van der Waals surface area (Å²) >= 11 is 0. The molecule has 0 aliphatic carbocycles. The number of nitrogens with zero attached hydrogens (tertiary/aromatic N) is 2. The van der Waals surface area contributed by atoms with Crippen molar-refractivity contribution in [1.82, 2.24) is 20.5 Å². The molecule has 1 rings (SSSR count). The average molecular weight is 210 g/mol. The summed E-state index contributed by atoms with van der Waals surface area (Å²) in [5, 5.41) is 16.8. The molecule has 0 fully saturated rings. The highest BCUT2D eigenvalue weighted by Crippen LogP contribution is 1.95. The van der Waals surface area contributed by atoms with E-state index in [9.17, 15) is 9.59 Å². The number of amides is 1. The predicted octanol–water partition coefficient (Wildman–Crippen LogP) is -0.436. The summed E-state index contributed by atoms with van der Waals surface area (Å²) < 4.78 is 0. The van der Waals surface area contributed by atoms with Gasteiger partial charge in [-0.3, -0.25) is 9.89 Å². The van der Waals surface area contributed by atoms with Gasteiger partial charge in [0.2, 0.25) is 5.82 Å². The van der Waals surface area contributed by atoms with Crippen LogP contribution in [0.2, 0.25) is 0 Å². The molecule has 15 heavy (non-hydrogen) atoms. The Hall–Kier alpha value is -2.18. The second-order valence-electron chi connectivity index (χ2n) is 2.72. The van der Waals surface area contributed by atoms with E-state index in [2.05, 4.69) is 27.1 Å². The summed E-state index contributed by atoms with van der Waals surface area (Å²) in [5.74, 6) is -1.75. The van der Waals surface area contributed by atoms with Crippen LogP contribution in [0.1, 0.15) is 17.0 Å². The average Bonchev–Trinajstić information content (AvgIpc) is 2.69. The van der Waals surface area contributed by atoms with Gasteiger partial charge in [0.15, 0.2) is 0 Å². The van der Waals surface area contributed by atoms with Crippen LogP contribution in [0.3, 0.4) is 0 Å². The van der Waals surface area contributed by atoms with Crippen molar-refractivity contribution in [3.05, 3.63) is 24.8 Å². The van der Waals surface area contributed by atoms with Crippen LogP contribution in [0.4, 0.5) is 0 Å². The standard InChI is InChI=1S/C8H10N4O3/c1-2-3-5(8(14)15)11-7(13)6-9-4-10-12-6/h2,4-5H,1,3H2,(H,11,13)(H,14,15)(H,9,10,12). The summed E-state index contributed by atoms with van der Waals surface area (Å²) in [7, 11) is 0. The second-order valence-corrected chi connectivity index (χ2v) is 2.72. The maximum Gasteiger partial charge on any atom is 0.326 e. The Morgan fingerprint density at radius 2 is 2.47 bits per heavy atom. The van der Waals surface area contributed by atoms with Crippen molar-refractivity contribution in [3.8, 4) is 0 Å². The van der Waals surface area contributed by atoms with Crippen molar-refractivity contribution in [3.63, 3.8) is 0 Å². The lowest BCUT2D eigenvalue weighted by Gasteiger charge is -2.10. The van der Waals surface area contributed by atoms with E-state index in [1.807, 2.05) is 0 Å². The lowest BCUT2D eigenvalue weighted by Crippen LogP contribution is -2.40. The molecule has 0 saturated carbocycles. The zero-order valence-corrected chi connectivity index (χ0v) is 7.80. The maximum absolute atomic E-state index is 11.4. The van der Waals surface area contributed by atoms with Gasteiger partial charge in [-0.05, 0) is 6.42 Å². The first-order chi connectivity index (χ1) is 7.15. The van der Waals surface area contributed by atoms with Gasteiger partial charge in [0.25, 0.3) is 5.91 Å². The fourth-order valence-corrected chi connectivity index (χ4v) is 0.930. The van der Waals surface area contributed by atoms with Crippen molar-refractivity contribution in [1.29, 1.82) is 0 Å². The SMILES string of the molecule is C=CCC(NC(=O)c1ncn[nH]1)C(=O)O. The number of aliphatic carboxylic acids is 1. The molecule has 0 aliphatic heterocycles. The Labute approximate surface area is 85.2 Å². The van der Waals surface area contributed by atoms with Gasteiger partial charge in [0.05, 0.1) is 0 Å². The summed E-state index contributed by atoms with van der Waals surface area (Å²) in [4.78, 5) is 25.6. The zero-order valence-electron chi connectivity index (χ0n) is 7.80. The van der Waals surface area contributed by atoms with Gasteiger partial charge in [-0.1, -0.05) is 6.08 Å². The topological polar surface area (TPSA) is 108 Å². The fraction of sp³-hybridized carbons (Fsp3) is 0.250. The van der Waals surface area contributed by atoms with E-state index in [1.165, 1.54) is 6.08 Å². The van der Waals surface area contributed by atoms with Crippen molar-refractivity contribution < 1.29 is 14.7 Å². The van der Waals surface area contributed by atoms with Crippen molar-refractivity contribution in [2.45, 2.75) is 12.5 Å². The number of hydrogen-bond donors (Lipinski definition) is 3. The highest BCUT2D eigenvalue weighted by atomic mass is 16.4. The summed E-state index contributed by atoms with van der Waals surface area (Å²) in [6, 6.07) is -1.000. The minimum atomic E-state index is -1.12. The van der Waals surface area contributed by atoms with Gasteiger partial charge >= 0.3 is 5.97 Å². The molecule has 7 heteroatoms. The number of aromatic amines is 1. The van der Waals surface area contributed by atoms with Gasteiger partial charge in [-0.15, -0.1) is 6.58 Å². The minimum absolute atomic E-state index is 0.0229. The molecule has 0 saturated heterocycles. The molecule has 80 valence electrons. The molecule has 1 atom stereocenters. The third-order valence-corrected chi connectivity index (χ3v) is 1.64. The second kappa shape index (κ2) is 4.89. The molecule has 0 radical (unpaired) electrons. The molecule has 0 aromatic carbocycles. The number of rotatable bonds is 5. The summed E-state index contributed by atoms with van der Waals surface area (Å²) in [6.45, 7) is 3.40. The molecule has 1 aromatic heterocycles. The van der Waals surface area contributed by atoms with Crippen LogP contribution >= 0.6 is 0 Å². The van der Waals surface area contributed by atoms with E-state index in [1.54, 1.807) is 0 Å². The number of carboxylic acids is 1. The Kier molecular flexibility index (Phi) is 3.55.